The fourth-order valence-corrected chi connectivity index (χ4v) is 4.87. The first-order valence-corrected chi connectivity index (χ1v) is 9.17. The number of nitrogens with zero attached hydrogens (tertiary/aromatic N) is 2. The Labute approximate surface area is 147 Å². The van der Waals surface area contributed by atoms with Crippen molar-refractivity contribution in [2.75, 3.05) is 12.3 Å². The third-order valence-corrected chi connectivity index (χ3v) is 6.32. The molecule has 0 saturated carbocycles. The van der Waals surface area contributed by atoms with Crippen molar-refractivity contribution in [2.24, 2.45) is 0 Å². The molecule has 0 aromatic heterocycles. The van der Waals surface area contributed by atoms with Gasteiger partial charge in [-0.3, -0.25) is 9.59 Å². The quantitative estimate of drug-likeness (QED) is 0.789. The van der Waals surface area contributed by atoms with Crippen molar-refractivity contribution in [3.63, 3.8) is 0 Å². The Morgan fingerprint density at radius 2 is 2.17 bits per heavy atom. The van der Waals surface area contributed by atoms with Gasteiger partial charge in [0.25, 0.3) is 0 Å². The largest absolute Gasteiger partial charge is 0.325 e. The van der Waals surface area contributed by atoms with Crippen LogP contribution < -0.4 is 0 Å². The molecule has 2 amide bonds. The summed E-state index contributed by atoms with van der Waals surface area (Å²) >= 11 is 1.71. The lowest BCUT2D eigenvalue weighted by molar-refractivity contribution is -0.143. The predicted octanol–water partition coefficient (Wildman–Crippen LogP) is 2.41. The minimum atomic E-state index is -0.395. The average Bonchev–Trinajstić information content (AvgIpc) is 3.05. The maximum Gasteiger partial charge on any atom is 0.247 e. The number of terminal acetylenes is 1. The lowest BCUT2D eigenvalue weighted by Gasteiger charge is -2.32. The molecule has 2 atom stereocenters. The van der Waals surface area contributed by atoms with Crippen LogP contribution in [0.5, 0.6) is 0 Å². The molecule has 0 spiro atoms. The van der Waals surface area contributed by atoms with Gasteiger partial charge in [-0.1, -0.05) is 35.7 Å². The molecule has 0 radical (unpaired) electrons. The van der Waals surface area contributed by atoms with Gasteiger partial charge in [-0.15, -0.1) is 18.2 Å². The molecule has 0 N–H and O–H groups in total. The maximum absolute atomic E-state index is 13.1. The molecule has 1 aromatic rings. The van der Waals surface area contributed by atoms with Crippen LogP contribution in [0, 0.1) is 19.3 Å². The standard InChI is InChI=1S/C19H22N2O2S/c1-4-11-20(12-15-7-5-14(2)6-8-15)18(23)16-13-24-19(3)10-9-17(22)21(16)19/h1,5-8,16H,9-13H2,2-3H3/t16-,19-/m0/s1. The Bertz CT molecular complexity index is 694. The summed E-state index contributed by atoms with van der Waals surface area (Å²) in [4.78, 5) is 28.6. The number of hydrogen-bond acceptors (Lipinski definition) is 3. The second kappa shape index (κ2) is 6.52. The second-order valence-corrected chi connectivity index (χ2v) is 8.15. The van der Waals surface area contributed by atoms with E-state index in [0.29, 0.717) is 18.7 Å². The summed E-state index contributed by atoms with van der Waals surface area (Å²) in [7, 11) is 0. The summed E-state index contributed by atoms with van der Waals surface area (Å²) in [5.41, 5.74) is 2.23. The Morgan fingerprint density at radius 1 is 1.46 bits per heavy atom. The summed E-state index contributed by atoms with van der Waals surface area (Å²) in [6.45, 7) is 4.82. The fraction of sp³-hybridized carbons (Fsp3) is 0.474. The van der Waals surface area contributed by atoms with Crippen molar-refractivity contribution < 1.29 is 9.59 Å². The number of carbonyl (C=O) groups is 2. The Morgan fingerprint density at radius 3 is 2.83 bits per heavy atom. The van der Waals surface area contributed by atoms with E-state index in [-0.39, 0.29) is 23.2 Å². The molecule has 3 rings (SSSR count). The van der Waals surface area contributed by atoms with Crippen LogP contribution in [-0.2, 0) is 16.1 Å². The minimum absolute atomic E-state index is 0.0417. The zero-order valence-corrected chi connectivity index (χ0v) is 14.9. The van der Waals surface area contributed by atoms with Crippen molar-refractivity contribution in [3.8, 4) is 12.3 Å². The molecule has 24 heavy (non-hydrogen) atoms. The summed E-state index contributed by atoms with van der Waals surface area (Å²) in [5, 5.41) is 0. The summed E-state index contributed by atoms with van der Waals surface area (Å²) in [6.07, 6.45) is 6.82. The highest BCUT2D eigenvalue weighted by atomic mass is 32.2. The molecule has 5 heteroatoms. The van der Waals surface area contributed by atoms with Crippen LogP contribution in [0.4, 0.5) is 0 Å². The third-order valence-electron chi connectivity index (χ3n) is 4.82. The second-order valence-electron chi connectivity index (χ2n) is 6.65. The maximum atomic E-state index is 13.1. The Hall–Kier alpha value is -1.93. The molecule has 1 aromatic carbocycles. The van der Waals surface area contributed by atoms with Gasteiger partial charge in [0.15, 0.2) is 0 Å². The Balaban J connectivity index is 1.78. The normalized spacial score (nSPS) is 25.5. The summed E-state index contributed by atoms with van der Waals surface area (Å²) in [5.74, 6) is 3.27. The lowest BCUT2D eigenvalue weighted by atomic mass is 10.1. The first kappa shape index (κ1) is 16.9. The van der Waals surface area contributed by atoms with E-state index < -0.39 is 6.04 Å². The zero-order chi connectivity index (χ0) is 17.3. The molecule has 0 aliphatic carbocycles. The summed E-state index contributed by atoms with van der Waals surface area (Å²) in [6, 6.07) is 7.69. The molecule has 2 aliphatic heterocycles. The molecule has 0 bridgehead atoms. The van der Waals surface area contributed by atoms with Gasteiger partial charge in [0.2, 0.25) is 11.8 Å². The first-order valence-electron chi connectivity index (χ1n) is 8.18. The molecule has 2 aliphatic rings. The molecule has 2 saturated heterocycles. The number of hydrogen-bond donors (Lipinski definition) is 0. The van der Waals surface area contributed by atoms with E-state index >= 15 is 0 Å². The molecular formula is C19H22N2O2S. The van der Waals surface area contributed by atoms with E-state index in [1.807, 2.05) is 31.2 Å². The van der Waals surface area contributed by atoms with E-state index in [4.69, 9.17) is 6.42 Å². The van der Waals surface area contributed by atoms with Gasteiger partial charge in [0, 0.05) is 18.7 Å². The Kier molecular flexibility index (Phi) is 4.60. The van der Waals surface area contributed by atoms with E-state index in [0.717, 1.165) is 12.0 Å². The molecule has 2 heterocycles. The lowest BCUT2D eigenvalue weighted by Crippen LogP contribution is -2.51. The topological polar surface area (TPSA) is 40.6 Å². The van der Waals surface area contributed by atoms with Crippen molar-refractivity contribution in [1.29, 1.82) is 0 Å². The van der Waals surface area contributed by atoms with Crippen LogP contribution in [0.15, 0.2) is 24.3 Å². The van der Waals surface area contributed by atoms with Crippen molar-refractivity contribution in [1.82, 2.24) is 9.80 Å². The zero-order valence-electron chi connectivity index (χ0n) is 14.1. The average molecular weight is 342 g/mol. The van der Waals surface area contributed by atoms with Crippen molar-refractivity contribution in [3.05, 3.63) is 35.4 Å². The summed E-state index contributed by atoms with van der Waals surface area (Å²) < 4.78 is 0. The molecule has 0 unspecified atom stereocenters. The van der Waals surface area contributed by atoms with Crippen molar-refractivity contribution >= 4 is 23.6 Å². The van der Waals surface area contributed by atoms with Crippen LogP contribution in [-0.4, -0.2) is 44.8 Å². The van der Waals surface area contributed by atoms with Gasteiger partial charge in [0.05, 0.1) is 11.4 Å². The number of carbonyl (C=O) groups excluding carboxylic acids is 2. The minimum Gasteiger partial charge on any atom is -0.325 e. The number of fused-ring (bicyclic) bond motifs is 1. The van der Waals surface area contributed by atoms with Gasteiger partial charge in [-0.05, 0) is 25.8 Å². The SMILES string of the molecule is C#CCN(Cc1ccc(C)cc1)C(=O)[C@@H]1CS[C@@]2(C)CCC(=O)N12. The number of benzene rings is 1. The first-order chi connectivity index (χ1) is 11.4. The van der Waals surface area contributed by atoms with Crippen LogP contribution in [0.2, 0.25) is 0 Å². The van der Waals surface area contributed by atoms with Crippen molar-refractivity contribution in [2.45, 2.75) is 44.1 Å². The van der Waals surface area contributed by atoms with E-state index in [1.54, 1.807) is 21.6 Å². The smallest absolute Gasteiger partial charge is 0.247 e. The number of rotatable bonds is 4. The molecule has 126 valence electrons. The van der Waals surface area contributed by atoms with E-state index in [9.17, 15) is 9.59 Å². The number of amides is 2. The van der Waals surface area contributed by atoms with Crippen LogP contribution >= 0.6 is 11.8 Å². The van der Waals surface area contributed by atoms with Gasteiger partial charge < -0.3 is 9.80 Å². The van der Waals surface area contributed by atoms with Gasteiger partial charge in [-0.25, -0.2) is 0 Å². The predicted molar refractivity (Wildman–Crippen MR) is 96.2 cm³/mol. The molecule has 4 nitrogen and oxygen atoms in total. The molecule has 2 fully saturated rings. The van der Waals surface area contributed by atoms with E-state index in [1.165, 1.54) is 5.56 Å². The van der Waals surface area contributed by atoms with Crippen LogP contribution in [0.3, 0.4) is 0 Å². The fourth-order valence-electron chi connectivity index (χ4n) is 3.45. The highest BCUT2D eigenvalue weighted by Crippen LogP contribution is 2.47. The van der Waals surface area contributed by atoms with Crippen LogP contribution in [0.1, 0.15) is 30.9 Å². The van der Waals surface area contributed by atoms with Crippen LogP contribution in [0.25, 0.3) is 0 Å². The van der Waals surface area contributed by atoms with E-state index in [2.05, 4.69) is 12.8 Å². The number of thioether (sulfide) groups is 1. The highest BCUT2D eigenvalue weighted by molar-refractivity contribution is 8.01. The monoisotopic (exact) mass is 342 g/mol. The highest BCUT2D eigenvalue weighted by Gasteiger charge is 2.53. The third kappa shape index (κ3) is 3.03. The molecular weight excluding hydrogens is 320 g/mol. The van der Waals surface area contributed by atoms with Gasteiger partial charge in [-0.2, -0.15) is 0 Å². The number of aryl methyl sites for hydroxylation is 1. The van der Waals surface area contributed by atoms with Gasteiger partial charge >= 0.3 is 0 Å². The van der Waals surface area contributed by atoms with Gasteiger partial charge in [0.1, 0.15) is 6.04 Å².